The molecule has 0 saturated heterocycles. The highest BCUT2D eigenvalue weighted by Crippen LogP contribution is 2.24. The van der Waals surface area contributed by atoms with E-state index in [1.54, 1.807) is 31.1 Å². The molecule has 2 nitrogen and oxygen atoms in total. The summed E-state index contributed by atoms with van der Waals surface area (Å²) >= 11 is 1.43. The SMILES string of the molecule is CC(Sc1ccc(F)cc1)C(=O)N(C)C. The number of amides is 1. The Labute approximate surface area is 93.5 Å². The molecule has 1 aromatic carbocycles. The lowest BCUT2D eigenvalue weighted by molar-refractivity contribution is -0.127. The maximum absolute atomic E-state index is 12.6. The largest absolute Gasteiger partial charge is 0.348 e. The number of carbonyl (C=O) groups is 1. The molecule has 0 radical (unpaired) electrons. The lowest BCUT2D eigenvalue weighted by atomic mass is 10.3. The van der Waals surface area contributed by atoms with Gasteiger partial charge in [-0.3, -0.25) is 4.79 Å². The quantitative estimate of drug-likeness (QED) is 0.739. The third-order valence-corrected chi connectivity index (χ3v) is 3.01. The summed E-state index contributed by atoms with van der Waals surface area (Å²) in [6.07, 6.45) is 0. The van der Waals surface area contributed by atoms with Crippen molar-refractivity contribution >= 4 is 17.7 Å². The molecule has 0 N–H and O–H groups in total. The minimum Gasteiger partial charge on any atom is -0.348 e. The molecule has 1 rings (SSSR count). The number of rotatable bonds is 3. The Kier molecular flexibility index (Phi) is 4.15. The topological polar surface area (TPSA) is 20.3 Å². The zero-order valence-electron chi connectivity index (χ0n) is 9.03. The van der Waals surface area contributed by atoms with Crippen molar-refractivity contribution in [3.8, 4) is 0 Å². The molecule has 0 aromatic heterocycles. The van der Waals surface area contributed by atoms with E-state index in [4.69, 9.17) is 0 Å². The first-order valence-electron chi connectivity index (χ1n) is 4.64. The van der Waals surface area contributed by atoms with E-state index in [9.17, 15) is 9.18 Å². The molecule has 1 amide bonds. The van der Waals surface area contributed by atoms with Crippen LogP contribution in [0.25, 0.3) is 0 Å². The summed E-state index contributed by atoms with van der Waals surface area (Å²) in [4.78, 5) is 14.0. The molecule has 1 aromatic rings. The van der Waals surface area contributed by atoms with E-state index in [0.717, 1.165) is 4.90 Å². The zero-order chi connectivity index (χ0) is 11.4. The Morgan fingerprint density at radius 2 is 1.87 bits per heavy atom. The van der Waals surface area contributed by atoms with Gasteiger partial charge in [-0.05, 0) is 31.2 Å². The average Bonchev–Trinajstić information content (AvgIpc) is 2.20. The number of hydrogen-bond acceptors (Lipinski definition) is 2. The van der Waals surface area contributed by atoms with Gasteiger partial charge in [-0.1, -0.05) is 0 Å². The van der Waals surface area contributed by atoms with Crippen LogP contribution in [0.15, 0.2) is 29.2 Å². The molecule has 82 valence electrons. The van der Waals surface area contributed by atoms with Gasteiger partial charge in [0.2, 0.25) is 5.91 Å². The van der Waals surface area contributed by atoms with E-state index in [0.29, 0.717) is 0 Å². The van der Waals surface area contributed by atoms with Gasteiger partial charge in [0.05, 0.1) is 5.25 Å². The second-order valence-electron chi connectivity index (χ2n) is 3.45. The fraction of sp³-hybridized carbons (Fsp3) is 0.364. The summed E-state index contributed by atoms with van der Waals surface area (Å²) < 4.78 is 12.6. The third kappa shape index (κ3) is 3.55. The molecule has 0 aliphatic heterocycles. The minimum absolute atomic E-state index is 0.0596. The maximum Gasteiger partial charge on any atom is 0.235 e. The number of thioether (sulfide) groups is 1. The number of nitrogens with zero attached hydrogens (tertiary/aromatic N) is 1. The first kappa shape index (κ1) is 12.0. The number of carbonyl (C=O) groups excluding carboxylic acids is 1. The Hall–Kier alpha value is -1.03. The van der Waals surface area contributed by atoms with Crippen LogP contribution in [0.4, 0.5) is 4.39 Å². The van der Waals surface area contributed by atoms with E-state index in [1.165, 1.54) is 23.9 Å². The van der Waals surface area contributed by atoms with Crippen LogP contribution in [0, 0.1) is 5.82 Å². The number of halogens is 1. The van der Waals surface area contributed by atoms with Gasteiger partial charge in [-0.2, -0.15) is 0 Å². The summed E-state index contributed by atoms with van der Waals surface area (Å²) in [5.74, 6) is -0.199. The molecule has 4 heteroatoms. The Morgan fingerprint density at radius 1 is 1.33 bits per heavy atom. The van der Waals surface area contributed by atoms with Crippen LogP contribution in [0.5, 0.6) is 0 Å². The smallest absolute Gasteiger partial charge is 0.235 e. The monoisotopic (exact) mass is 227 g/mol. The van der Waals surface area contributed by atoms with Crippen LogP contribution in [0.1, 0.15) is 6.92 Å². The van der Waals surface area contributed by atoms with Crippen molar-refractivity contribution in [3.63, 3.8) is 0 Å². The minimum atomic E-state index is -0.258. The molecular weight excluding hydrogens is 213 g/mol. The van der Waals surface area contributed by atoms with Crippen LogP contribution in [-0.2, 0) is 4.79 Å². The van der Waals surface area contributed by atoms with E-state index >= 15 is 0 Å². The lowest BCUT2D eigenvalue weighted by Crippen LogP contribution is -2.29. The van der Waals surface area contributed by atoms with Crippen molar-refractivity contribution in [1.29, 1.82) is 0 Å². The molecule has 1 atom stereocenters. The van der Waals surface area contributed by atoms with Gasteiger partial charge in [-0.15, -0.1) is 11.8 Å². The molecule has 0 spiro atoms. The van der Waals surface area contributed by atoms with Crippen molar-refractivity contribution in [3.05, 3.63) is 30.1 Å². The molecule has 0 bridgehead atoms. The van der Waals surface area contributed by atoms with Crippen LogP contribution < -0.4 is 0 Å². The lowest BCUT2D eigenvalue weighted by Gasteiger charge is -2.16. The van der Waals surface area contributed by atoms with E-state index in [-0.39, 0.29) is 17.0 Å². The fourth-order valence-corrected chi connectivity index (χ4v) is 2.14. The highest BCUT2D eigenvalue weighted by Gasteiger charge is 2.15. The van der Waals surface area contributed by atoms with Crippen molar-refractivity contribution in [2.75, 3.05) is 14.1 Å². The van der Waals surface area contributed by atoms with Gasteiger partial charge in [0.15, 0.2) is 0 Å². The number of hydrogen-bond donors (Lipinski definition) is 0. The zero-order valence-corrected chi connectivity index (χ0v) is 9.84. The van der Waals surface area contributed by atoms with E-state index in [1.807, 2.05) is 6.92 Å². The van der Waals surface area contributed by atoms with Crippen molar-refractivity contribution < 1.29 is 9.18 Å². The Morgan fingerprint density at radius 3 is 2.33 bits per heavy atom. The molecular formula is C11H14FNOS. The van der Waals surface area contributed by atoms with Gasteiger partial charge < -0.3 is 4.90 Å². The summed E-state index contributed by atoms with van der Waals surface area (Å²) in [6, 6.07) is 6.16. The second kappa shape index (κ2) is 5.16. The summed E-state index contributed by atoms with van der Waals surface area (Å²) in [7, 11) is 3.45. The number of benzene rings is 1. The average molecular weight is 227 g/mol. The van der Waals surface area contributed by atoms with Crippen molar-refractivity contribution in [2.45, 2.75) is 17.1 Å². The molecule has 1 unspecified atom stereocenters. The van der Waals surface area contributed by atoms with Gasteiger partial charge in [0.1, 0.15) is 5.82 Å². The summed E-state index contributed by atoms with van der Waals surface area (Å²) in [5, 5.41) is -0.148. The predicted molar refractivity (Wildman–Crippen MR) is 60.4 cm³/mol. The van der Waals surface area contributed by atoms with Crippen molar-refractivity contribution in [2.24, 2.45) is 0 Å². The molecule has 0 aliphatic rings. The molecule has 0 aliphatic carbocycles. The van der Waals surface area contributed by atoms with Gasteiger partial charge in [0.25, 0.3) is 0 Å². The van der Waals surface area contributed by atoms with Gasteiger partial charge >= 0.3 is 0 Å². The van der Waals surface area contributed by atoms with Crippen LogP contribution in [0.3, 0.4) is 0 Å². The second-order valence-corrected chi connectivity index (χ2v) is 4.86. The molecule has 0 saturated carbocycles. The van der Waals surface area contributed by atoms with Crippen LogP contribution in [0.2, 0.25) is 0 Å². The van der Waals surface area contributed by atoms with E-state index in [2.05, 4.69) is 0 Å². The Bertz CT molecular complexity index is 337. The fourth-order valence-electron chi connectivity index (χ4n) is 1.13. The van der Waals surface area contributed by atoms with E-state index < -0.39 is 0 Å². The first-order chi connectivity index (χ1) is 7.00. The predicted octanol–water partition coefficient (Wildman–Crippen LogP) is 2.39. The van der Waals surface area contributed by atoms with Gasteiger partial charge in [-0.25, -0.2) is 4.39 Å². The highest BCUT2D eigenvalue weighted by atomic mass is 32.2. The maximum atomic E-state index is 12.6. The van der Waals surface area contributed by atoms with Crippen molar-refractivity contribution in [1.82, 2.24) is 4.90 Å². The van der Waals surface area contributed by atoms with Crippen LogP contribution >= 0.6 is 11.8 Å². The summed E-state index contributed by atoms with van der Waals surface area (Å²) in [6.45, 7) is 1.84. The summed E-state index contributed by atoms with van der Waals surface area (Å²) in [5.41, 5.74) is 0. The normalized spacial score (nSPS) is 12.3. The highest BCUT2D eigenvalue weighted by molar-refractivity contribution is 8.00. The Balaban J connectivity index is 2.62. The van der Waals surface area contributed by atoms with Gasteiger partial charge in [0, 0.05) is 19.0 Å². The molecule has 0 heterocycles. The molecule has 15 heavy (non-hydrogen) atoms. The van der Waals surface area contributed by atoms with Crippen LogP contribution in [-0.4, -0.2) is 30.2 Å². The standard InChI is InChI=1S/C11H14FNOS/c1-8(11(14)13(2)3)15-10-6-4-9(12)5-7-10/h4-8H,1-3H3. The third-order valence-electron chi connectivity index (χ3n) is 1.92. The first-order valence-corrected chi connectivity index (χ1v) is 5.52. The molecule has 0 fully saturated rings.